The highest BCUT2D eigenvalue weighted by Gasteiger charge is 2.64. The number of benzene rings is 2. The number of ether oxygens (including phenoxy) is 2. The highest BCUT2D eigenvalue weighted by molar-refractivity contribution is 6.31. The number of nitrogens with one attached hydrogen (secondary N) is 1. The highest BCUT2D eigenvalue weighted by atomic mass is 35.5. The molecule has 0 aliphatic heterocycles. The van der Waals surface area contributed by atoms with E-state index in [9.17, 15) is 4.79 Å². The van der Waals surface area contributed by atoms with Gasteiger partial charge in [-0.15, -0.1) is 0 Å². The summed E-state index contributed by atoms with van der Waals surface area (Å²) in [6.45, 7) is 5.03. The van der Waals surface area contributed by atoms with Gasteiger partial charge < -0.3 is 9.47 Å². The molecule has 3 atom stereocenters. The molecule has 31 heavy (non-hydrogen) atoms. The van der Waals surface area contributed by atoms with E-state index in [0.29, 0.717) is 35.7 Å². The molecule has 6 heteroatoms. The van der Waals surface area contributed by atoms with Gasteiger partial charge >= 0.3 is 0 Å². The second kappa shape index (κ2) is 9.31. The molecule has 5 nitrogen and oxygen atoms in total. The molecule has 0 aromatic heterocycles. The Morgan fingerprint density at radius 3 is 2.81 bits per heavy atom. The predicted octanol–water partition coefficient (Wildman–Crippen LogP) is 5.59. The molecular formula is C25H29ClN2O3. The Morgan fingerprint density at radius 2 is 2.06 bits per heavy atom. The molecular weight excluding hydrogens is 412 g/mol. The van der Waals surface area contributed by atoms with Gasteiger partial charge in [-0.25, -0.2) is 5.43 Å². The molecule has 0 bridgehead atoms. The van der Waals surface area contributed by atoms with Crippen LogP contribution in [0.25, 0.3) is 0 Å². The molecule has 2 fully saturated rings. The minimum atomic E-state index is 0.0374. The normalized spacial score (nSPS) is 24.5. The van der Waals surface area contributed by atoms with Gasteiger partial charge in [0.05, 0.1) is 12.8 Å². The van der Waals surface area contributed by atoms with Gasteiger partial charge in [0.1, 0.15) is 6.61 Å². The van der Waals surface area contributed by atoms with Crippen LogP contribution in [-0.2, 0) is 11.4 Å². The van der Waals surface area contributed by atoms with Crippen molar-refractivity contribution >= 4 is 23.7 Å². The summed E-state index contributed by atoms with van der Waals surface area (Å²) in [5.41, 5.74) is 4.66. The number of rotatable bonds is 8. The molecule has 0 spiro atoms. The number of carbonyl (C=O) groups is 1. The SMILES string of the molecule is CCOc1cc(/C=N\NC(=O)[C@@H]2[C@H]3CCCC[C@]32C)ccc1OCc1ccccc1Cl. The van der Waals surface area contributed by atoms with Crippen LogP contribution in [0.5, 0.6) is 11.5 Å². The van der Waals surface area contributed by atoms with Crippen LogP contribution in [0, 0.1) is 17.3 Å². The van der Waals surface area contributed by atoms with Gasteiger partial charge in [-0.3, -0.25) is 4.79 Å². The number of fused-ring (bicyclic) bond motifs is 1. The van der Waals surface area contributed by atoms with Crippen molar-refractivity contribution in [1.29, 1.82) is 0 Å². The monoisotopic (exact) mass is 440 g/mol. The van der Waals surface area contributed by atoms with Gasteiger partial charge in [-0.2, -0.15) is 5.10 Å². The van der Waals surface area contributed by atoms with E-state index in [1.165, 1.54) is 12.8 Å². The fourth-order valence-corrected chi connectivity index (χ4v) is 5.04. The molecule has 4 rings (SSSR count). The van der Waals surface area contributed by atoms with Crippen molar-refractivity contribution in [3.05, 3.63) is 58.6 Å². The van der Waals surface area contributed by atoms with Crippen molar-refractivity contribution < 1.29 is 14.3 Å². The lowest BCUT2D eigenvalue weighted by Crippen LogP contribution is -2.22. The van der Waals surface area contributed by atoms with Gasteiger partial charge in [0.2, 0.25) is 5.91 Å². The Balaban J connectivity index is 1.38. The fourth-order valence-electron chi connectivity index (χ4n) is 4.85. The predicted molar refractivity (Wildman–Crippen MR) is 123 cm³/mol. The summed E-state index contributed by atoms with van der Waals surface area (Å²) in [6.07, 6.45) is 6.41. The van der Waals surface area contributed by atoms with E-state index in [1.807, 2.05) is 49.4 Å². The molecule has 0 radical (unpaired) electrons. The Hall–Kier alpha value is -2.53. The molecule has 0 saturated heterocycles. The molecule has 2 saturated carbocycles. The van der Waals surface area contributed by atoms with Crippen molar-refractivity contribution in [2.24, 2.45) is 22.4 Å². The molecule has 2 aromatic carbocycles. The summed E-state index contributed by atoms with van der Waals surface area (Å²) in [7, 11) is 0. The summed E-state index contributed by atoms with van der Waals surface area (Å²) < 4.78 is 11.7. The Bertz CT molecular complexity index is 977. The number of carbonyl (C=O) groups excluding carboxylic acids is 1. The topological polar surface area (TPSA) is 59.9 Å². The minimum absolute atomic E-state index is 0.0374. The van der Waals surface area contributed by atoms with Crippen LogP contribution in [0.3, 0.4) is 0 Å². The molecule has 1 N–H and O–H groups in total. The Morgan fingerprint density at radius 1 is 1.23 bits per heavy atom. The number of nitrogens with zero attached hydrogens (tertiary/aromatic N) is 1. The van der Waals surface area contributed by atoms with Gasteiger partial charge in [-0.05, 0) is 60.9 Å². The van der Waals surface area contributed by atoms with Crippen molar-refractivity contribution in [1.82, 2.24) is 5.43 Å². The van der Waals surface area contributed by atoms with Crippen LogP contribution in [0.15, 0.2) is 47.6 Å². The first-order valence-corrected chi connectivity index (χ1v) is 11.4. The first kappa shape index (κ1) is 21.7. The van der Waals surface area contributed by atoms with Gasteiger partial charge in [0, 0.05) is 16.5 Å². The third-order valence-electron chi connectivity index (χ3n) is 6.61. The Kier molecular flexibility index (Phi) is 6.51. The zero-order chi connectivity index (χ0) is 21.8. The summed E-state index contributed by atoms with van der Waals surface area (Å²) in [6, 6.07) is 13.2. The second-order valence-electron chi connectivity index (χ2n) is 8.59. The van der Waals surface area contributed by atoms with Crippen LogP contribution in [0.2, 0.25) is 5.02 Å². The quantitative estimate of drug-likeness (QED) is 0.429. The lowest BCUT2D eigenvalue weighted by Gasteiger charge is -2.15. The summed E-state index contributed by atoms with van der Waals surface area (Å²) in [5.74, 6) is 1.93. The van der Waals surface area contributed by atoms with Crippen molar-refractivity contribution in [2.75, 3.05) is 6.61 Å². The maximum atomic E-state index is 12.6. The summed E-state index contributed by atoms with van der Waals surface area (Å²) in [5, 5.41) is 4.86. The van der Waals surface area contributed by atoms with Gasteiger partial charge in [-0.1, -0.05) is 49.6 Å². The third kappa shape index (κ3) is 4.72. The highest BCUT2D eigenvalue weighted by Crippen LogP contribution is 2.66. The molecule has 164 valence electrons. The Labute approximate surface area is 188 Å². The molecule has 1 amide bonds. The van der Waals surface area contributed by atoms with Crippen molar-refractivity contribution in [2.45, 2.75) is 46.1 Å². The third-order valence-corrected chi connectivity index (χ3v) is 6.98. The first-order chi connectivity index (χ1) is 15.0. The average Bonchev–Trinajstić information content (AvgIpc) is 3.40. The number of hydrogen-bond donors (Lipinski definition) is 1. The molecule has 0 unspecified atom stereocenters. The zero-order valence-electron chi connectivity index (χ0n) is 18.1. The largest absolute Gasteiger partial charge is 0.490 e. The fraction of sp³-hybridized carbons (Fsp3) is 0.440. The van der Waals surface area contributed by atoms with Gasteiger partial charge in [0.15, 0.2) is 11.5 Å². The molecule has 2 aliphatic rings. The molecule has 2 aliphatic carbocycles. The summed E-state index contributed by atoms with van der Waals surface area (Å²) >= 11 is 6.21. The van der Waals surface area contributed by atoms with E-state index in [0.717, 1.165) is 24.0 Å². The smallest absolute Gasteiger partial charge is 0.244 e. The van der Waals surface area contributed by atoms with Crippen LogP contribution < -0.4 is 14.9 Å². The van der Waals surface area contributed by atoms with Crippen molar-refractivity contribution in [3.63, 3.8) is 0 Å². The van der Waals surface area contributed by atoms with Crippen LogP contribution in [0.4, 0.5) is 0 Å². The van der Waals surface area contributed by atoms with Crippen molar-refractivity contribution in [3.8, 4) is 11.5 Å². The van der Waals surface area contributed by atoms with Crippen LogP contribution >= 0.6 is 11.6 Å². The van der Waals surface area contributed by atoms with Crippen LogP contribution in [0.1, 0.15) is 50.7 Å². The van der Waals surface area contributed by atoms with Gasteiger partial charge in [0.25, 0.3) is 0 Å². The number of halogens is 1. The van der Waals surface area contributed by atoms with E-state index < -0.39 is 0 Å². The number of hydrogen-bond acceptors (Lipinski definition) is 4. The number of hydrazone groups is 1. The minimum Gasteiger partial charge on any atom is -0.490 e. The van der Waals surface area contributed by atoms with E-state index in [-0.39, 0.29) is 17.2 Å². The lowest BCUT2D eigenvalue weighted by molar-refractivity contribution is -0.123. The van der Waals surface area contributed by atoms with E-state index >= 15 is 0 Å². The second-order valence-corrected chi connectivity index (χ2v) is 9.00. The summed E-state index contributed by atoms with van der Waals surface area (Å²) in [4.78, 5) is 12.6. The van der Waals surface area contributed by atoms with E-state index in [2.05, 4.69) is 17.5 Å². The zero-order valence-corrected chi connectivity index (χ0v) is 18.8. The van der Waals surface area contributed by atoms with Crippen LogP contribution in [-0.4, -0.2) is 18.7 Å². The molecule has 2 aromatic rings. The maximum Gasteiger partial charge on any atom is 0.244 e. The maximum absolute atomic E-state index is 12.6. The lowest BCUT2D eigenvalue weighted by atomic mass is 9.90. The van der Waals surface area contributed by atoms with E-state index in [1.54, 1.807) is 6.21 Å². The molecule has 0 heterocycles. The average molecular weight is 441 g/mol. The first-order valence-electron chi connectivity index (χ1n) is 11.0. The number of amides is 1. The van der Waals surface area contributed by atoms with E-state index in [4.69, 9.17) is 21.1 Å². The standard InChI is InChI=1S/C25H29ClN2O3/c1-3-30-22-14-17(11-12-21(22)31-16-18-8-4-5-10-20(18)26)15-27-28-24(29)23-19-9-6-7-13-25(19,23)2/h4-5,8,10-12,14-15,19,23H,3,6-7,9,13,16H2,1-2H3,(H,28,29)/b27-15-/t19-,23+,25-/m1/s1.